The van der Waals surface area contributed by atoms with Gasteiger partial charge in [-0.05, 0) is 28.8 Å². The van der Waals surface area contributed by atoms with Crippen LogP contribution >= 0.6 is 0 Å². The van der Waals surface area contributed by atoms with Crippen molar-refractivity contribution in [3.63, 3.8) is 0 Å². The van der Waals surface area contributed by atoms with Crippen LogP contribution in [0, 0.1) is 0 Å². The molecule has 0 spiro atoms. The Morgan fingerprint density at radius 2 is 1.32 bits per heavy atom. The molecule has 5 heteroatoms. The monoisotopic (exact) mass is 449 g/mol. The summed E-state index contributed by atoms with van der Waals surface area (Å²) in [5.74, 6) is -0.355. The van der Waals surface area contributed by atoms with Gasteiger partial charge in [0.2, 0.25) is 11.8 Å². The molecule has 1 atom stereocenters. The molecule has 0 saturated carbocycles. The van der Waals surface area contributed by atoms with Crippen molar-refractivity contribution >= 4 is 11.8 Å². The molecule has 4 rings (SSSR count). The van der Waals surface area contributed by atoms with Gasteiger partial charge >= 0.3 is 0 Å². The van der Waals surface area contributed by atoms with Crippen LogP contribution in [0.15, 0.2) is 115 Å². The number of nitrogens with one attached hydrogen (secondary N) is 1. The first-order valence-corrected chi connectivity index (χ1v) is 11.3. The summed E-state index contributed by atoms with van der Waals surface area (Å²) in [6.07, 6.45) is 1.91. The number of hydrogen-bond donors (Lipinski definition) is 1. The van der Waals surface area contributed by atoms with Crippen LogP contribution in [0.1, 0.15) is 28.4 Å². The molecule has 0 aliphatic carbocycles. The molecule has 170 valence electrons. The number of hydrogen-bond acceptors (Lipinski definition) is 3. The quantitative estimate of drug-likeness (QED) is 0.403. The lowest BCUT2D eigenvalue weighted by Gasteiger charge is -2.32. The zero-order valence-electron chi connectivity index (χ0n) is 18.9. The third kappa shape index (κ3) is 6.17. The molecule has 0 unspecified atom stereocenters. The molecule has 0 fully saturated rings. The van der Waals surface area contributed by atoms with Crippen molar-refractivity contribution < 1.29 is 9.59 Å². The first-order chi connectivity index (χ1) is 16.7. The minimum absolute atomic E-state index is 0.114. The van der Waals surface area contributed by atoms with Crippen LogP contribution < -0.4 is 5.32 Å². The Morgan fingerprint density at radius 3 is 1.94 bits per heavy atom. The van der Waals surface area contributed by atoms with Crippen molar-refractivity contribution in [2.24, 2.45) is 0 Å². The highest BCUT2D eigenvalue weighted by Crippen LogP contribution is 2.25. The van der Waals surface area contributed by atoms with Crippen molar-refractivity contribution in [3.05, 3.63) is 138 Å². The third-order valence-electron chi connectivity index (χ3n) is 5.56. The van der Waals surface area contributed by atoms with E-state index in [0.29, 0.717) is 6.54 Å². The van der Waals surface area contributed by atoms with E-state index in [2.05, 4.69) is 10.3 Å². The van der Waals surface area contributed by atoms with Crippen molar-refractivity contribution in [2.75, 3.05) is 0 Å². The van der Waals surface area contributed by atoms with Crippen molar-refractivity contribution in [1.29, 1.82) is 0 Å². The average molecular weight is 450 g/mol. The molecule has 1 aromatic heterocycles. The topological polar surface area (TPSA) is 62.3 Å². The van der Waals surface area contributed by atoms with Gasteiger partial charge < -0.3 is 10.2 Å². The minimum atomic E-state index is -0.777. The molecule has 3 aromatic carbocycles. The van der Waals surface area contributed by atoms with E-state index < -0.39 is 6.04 Å². The van der Waals surface area contributed by atoms with Gasteiger partial charge in [0.1, 0.15) is 6.04 Å². The van der Waals surface area contributed by atoms with Crippen LogP contribution in [0.25, 0.3) is 0 Å². The van der Waals surface area contributed by atoms with Gasteiger partial charge in [-0.25, -0.2) is 0 Å². The van der Waals surface area contributed by atoms with Gasteiger partial charge in [-0.2, -0.15) is 0 Å². The van der Waals surface area contributed by atoms with Crippen LogP contribution in [0.5, 0.6) is 0 Å². The summed E-state index contributed by atoms with van der Waals surface area (Å²) in [6, 6.07) is 33.6. The smallest absolute Gasteiger partial charge is 0.247 e. The molecule has 0 saturated heterocycles. The van der Waals surface area contributed by atoms with Crippen LogP contribution in [0.3, 0.4) is 0 Å². The number of pyridine rings is 1. The van der Waals surface area contributed by atoms with E-state index in [0.717, 1.165) is 22.4 Å². The van der Waals surface area contributed by atoms with Crippen molar-refractivity contribution in [1.82, 2.24) is 15.2 Å². The maximum Gasteiger partial charge on any atom is 0.247 e. The van der Waals surface area contributed by atoms with E-state index in [9.17, 15) is 9.59 Å². The molecule has 0 aliphatic rings. The normalized spacial score (nSPS) is 11.4. The number of amides is 2. The molecule has 34 heavy (non-hydrogen) atoms. The third-order valence-corrected chi connectivity index (χ3v) is 5.56. The highest BCUT2D eigenvalue weighted by Gasteiger charge is 2.31. The lowest BCUT2D eigenvalue weighted by atomic mass is 10.0. The Kier molecular flexibility index (Phi) is 7.80. The number of benzene rings is 3. The summed E-state index contributed by atoms with van der Waals surface area (Å²) in [7, 11) is 0. The maximum absolute atomic E-state index is 13.6. The summed E-state index contributed by atoms with van der Waals surface area (Å²) in [5.41, 5.74) is 3.39. The van der Waals surface area contributed by atoms with Crippen molar-refractivity contribution in [3.8, 4) is 0 Å². The second-order valence-electron chi connectivity index (χ2n) is 8.02. The average Bonchev–Trinajstić information content (AvgIpc) is 2.89. The fourth-order valence-corrected chi connectivity index (χ4v) is 3.86. The Balaban J connectivity index is 1.66. The van der Waals surface area contributed by atoms with E-state index in [1.165, 1.54) is 0 Å². The fraction of sp³-hybridized carbons (Fsp3) is 0.138. The highest BCUT2D eigenvalue weighted by atomic mass is 16.2. The highest BCUT2D eigenvalue weighted by molar-refractivity contribution is 5.89. The molecule has 4 aromatic rings. The van der Waals surface area contributed by atoms with Gasteiger partial charge in [0, 0.05) is 12.7 Å². The summed E-state index contributed by atoms with van der Waals surface area (Å²) < 4.78 is 0. The van der Waals surface area contributed by atoms with E-state index >= 15 is 0 Å². The largest absolute Gasteiger partial charge is 0.348 e. The van der Waals surface area contributed by atoms with Gasteiger partial charge in [0.05, 0.1) is 18.7 Å². The van der Waals surface area contributed by atoms with E-state index in [4.69, 9.17) is 0 Å². The van der Waals surface area contributed by atoms with E-state index in [1.807, 2.05) is 109 Å². The van der Waals surface area contributed by atoms with Crippen LogP contribution in [-0.2, 0) is 29.1 Å². The molecule has 2 amide bonds. The fourth-order valence-electron chi connectivity index (χ4n) is 3.86. The lowest BCUT2D eigenvalue weighted by Crippen LogP contribution is -2.44. The second-order valence-corrected chi connectivity index (χ2v) is 8.02. The SMILES string of the molecule is O=C(NCc1ccccn1)[C@@H](c1ccccc1)N(Cc1ccccc1)C(=O)Cc1ccccc1. The predicted octanol–water partition coefficient (Wildman–Crippen LogP) is 4.71. The molecule has 0 bridgehead atoms. The first kappa shape index (κ1) is 22.9. The second kappa shape index (κ2) is 11.6. The minimum Gasteiger partial charge on any atom is -0.348 e. The number of carbonyl (C=O) groups excluding carboxylic acids is 2. The molecule has 1 heterocycles. The maximum atomic E-state index is 13.6. The zero-order valence-corrected chi connectivity index (χ0v) is 18.9. The Morgan fingerprint density at radius 1 is 0.735 bits per heavy atom. The summed E-state index contributed by atoms with van der Waals surface area (Å²) in [6.45, 7) is 0.609. The lowest BCUT2D eigenvalue weighted by molar-refractivity contribution is -0.141. The molecule has 0 aliphatic heterocycles. The first-order valence-electron chi connectivity index (χ1n) is 11.3. The van der Waals surface area contributed by atoms with Gasteiger partial charge in [0.25, 0.3) is 0 Å². The van der Waals surface area contributed by atoms with Crippen LogP contribution in [0.2, 0.25) is 0 Å². The zero-order chi connectivity index (χ0) is 23.6. The summed E-state index contributed by atoms with van der Waals surface area (Å²) in [5, 5.41) is 2.99. The molecular formula is C29H27N3O2. The van der Waals surface area contributed by atoms with Crippen LogP contribution in [-0.4, -0.2) is 21.7 Å². The number of rotatable bonds is 9. The van der Waals surface area contributed by atoms with Gasteiger partial charge in [0.15, 0.2) is 0 Å². The van der Waals surface area contributed by atoms with Gasteiger partial charge in [-0.1, -0.05) is 97.1 Å². The Hall–Kier alpha value is -4.25. The van der Waals surface area contributed by atoms with Gasteiger partial charge in [-0.15, -0.1) is 0 Å². The Bertz CT molecular complexity index is 1180. The van der Waals surface area contributed by atoms with Gasteiger partial charge in [-0.3, -0.25) is 14.6 Å². The number of carbonyl (C=O) groups is 2. The molecule has 1 N–H and O–H groups in total. The summed E-state index contributed by atoms with van der Waals surface area (Å²) >= 11 is 0. The van der Waals surface area contributed by atoms with Crippen LogP contribution in [0.4, 0.5) is 0 Å². The van der Waals surface area contributed by atoms with E-state index in [-0.39, 0.29) is 24.8 Å². The molecule has 5 nitrogen and oxygen atoms in total. The number of nitrogens with zero attached hydrogens (tertiary/aromatic N) is 2. The summed E-state index contributed by atoms with van der Waals surface area (Å²) in [4.78, 5) is 33.2. The van der Waals surface area contributed by atoms with Crippen molar-refractivity contribution in [2.45, 2.75) is 25.6 Å². The molecule has 0 radical (unpaired) electrons. The number of aromatic nitrogens is 1. The molecular weight excluding hydrogens is 422 g/mol. The van der Waals surface area contributed by atoms with E-state index in [1.54, 1.807) is 11.1 Å². The predicted molar refractivity (Wildman–Crippen MR) is 132 cm³/mol. The standard InChI is InChI=1S/C29H27N3O2/c33-27(20-23-12-4-1-5-13-23)32(22-24-14-6-2-7-15-24)28(25-16-8-3-9-17-25)29(34)31-21-26-18-10-11-19-30-26/h1-19,28H,20-22H2,(H,31,34)/t28-/m1/s1. The Labute approximate surface area is 200 Å².